The Morgan fingerprint density at radius 3 is 2.56 bits per heavy atom. The molecule has 0 bridgehead atoms. The molecule has 3 aromatic carbocycles. The van der Waals surface area contributed by atoms with Crippen molar-refractivity contribution in [2.45, 2.75) is 30.8 Å². The van der Waals surface area contributed by atoms with E-state index in [1.165, 1.54) is 6.07 Å². The summed E-state index contributed by atoms with van der Waals surface area (Å²) in [5.41, 5.74) is 0.964. The fourth-order valence-electron chi connectivity index (χ4n) is 3.86. The van der Waals surface area contributed by atoms with E-state index in [1.807, 2.05) is 51.0 Å². The van der Waals surface area contributed by atoms with Gasteiger partial charge in [0.15, 0.2) is 11.5 Å². The molecule has 1 heterocycles. The van der Waals surface area contributed by atoms with Gasteiger partial charge in [0.05, 0.1) is 10.6 Å². The molecular formula is C24H27ClN2O4S. The zero-order valence-corrected chi connectivity index (χ0v) is 20.2. The van der Waals surface area contributed by atoms with Gasteiger partial charge in [-0.3, -0.25) is 4.72 Å². The Balaban J connectivity index is 1.71. The summed E-state index contributed by atoms with van der Waals surface area (Å²) in [5, 5.41) is 1.77. The van der Waals surface area contributed by atoms with Crippen LogP contribution in [-0.2, 0) is 16.4 Å². The average Bonchev–Trinajstić information content (AvgIpc) is 3.01. The lowest BCUT2D eigenvalue weighted by atomic mass is 10.0. The number of rotatable bonds is 7. The number of halogens is 1. The molecule has 0 saturated carbocycles. The Morgan fingerprint density at radius 1 is 1.12 bits per heavy atom. The minimum Gasteiger partial charge on any atom is -0.488 e. The second-order valence-corrected chi connectivity index (χ2v) is 10.9. The molecule has 32 heavy (non-hydrogen) atoms. The van der Waals surface area contributed by atoms with Crippen molar-refractivity contribution in [3.05, 3.63) is 59.1 Å². The third-order valence-electron chi connectivity index (χ3n) is 5.29. The predicted molar refractivity (Wildman–Crippen MR) is 129 cm³/mol. The molecular weight excluding hydrogens is 448 g/mol. The van der Waals surface area contributed by atoms with E-state index < -0.39 is 10.0 Å². The molecule has 1 N–H and O–H groups in total. The van der Waals surface area contributed by atoms with Crippen LogP contribution in [0.4, 0.5) is 5.69 Å². The maximum absolute atomic E-state index is 13.3. The maximum atomic E-state index is 13.3. The van der Waals surface area contributed by atoms with Crippen LogP contribution in [0.2, 0.25) is 5.02 Å². The zero-order valence-electron chi connectivity index (χ0n) is 18.6. The zero-order chi connectivity index (χ0) is 23.1. The van der Waals surface area contributed by atoms with Crippen LogP contribution >= 0.6 is 11.6 Å². The van der Waals surface area contributed by atoms with E-state index in [2.05, 4.69) is 4.72 Å². The van der Waals surface area contributed by atoms with Crippen LogP contribution in [0.1, 0.15) is 19.4 Å². The average molecular weight is 475 g/mol. The number of hydrogen-bond donors (Lipinski definition) is 1. The van der Waals surface area contributed by atoms with Gasteiger partial charge in [0, 0.05) is 40.4 Å². The van der Waals surface area contributed by atoms with E-state index in [-0.39, 0.29) is 10.5 Å². The first-order valence-corrected chi connectivity index (χ1v) is 12.3. The molecule has 1 aliphatic rings. The fraction of sp³-hybridized carbons (Fsp3) is 0.333. The molecule has 6 nitrogen and oxygen atoms in total. The van der Waals surface area contributed by atoms with Crippen LogP contribution in [0.5, 0.6) is 11.5 Å². The van der Waals surface area contributed by atoms with Crippen molar-refractivity contribution in [1.82, 2.24) is 4.90 Å². The van der Waals surface area contributed by atoms with E-state index in [0.29, 0.717) is 46.0 Å². The summed E-state index contributed by atoms with van der Waals surface area (Å²) >= 11 is 6.27. The molecule has 0 spiro atoms. The monoisotopic (exact) mass is 474 g/mol. The molecule has 0 fully saturated rings. The molecule has 8 heteroatoms. The first kappa shape index (κ1) is 22.7. The van der Waals surface area contributed by atoms with Gasteiger partial charge in [0.25, 0.3) is 10.0 Å². The molecule has 170 valence electrons. The number of nitrogens with one attached hydrogen (secondary N) is 1. The number of anilines is 1. The largest absolute Gasteiger partial charge is 0.488 e. The Labute approximate surface area is 194 Å². The smallest absolute Gasteiger partial charge is 0.262 e. The fourth-order valence-corrected chi connectivity index (χ4v) is 5.34. The highest BCUT2D eigenvalue weighted by Gasteiger charge is 2.33. The Bertz CT molecular complexity index is 1270. The van der Waals surface area contributed by atoms with Gasteiger partial charge in [-0.2, -0.15) is 0 Å². The van der Waals surface area contributed by atoms with E-state index >= 15 is 0 Å². The molecule has 0 aliphatic carbocycles. The molecule has 0 atom stereocenters. The van der Waals surface area contributed by atoms with Crippen LogP contribution < -0.4 is 14.2 Å². The first-order valence-electron chi connectivity index (χ1n) is 10.4. The molecule has 4 rings (SSSR count). The van der Waals surface area contributed by atoms with Gasteiger partial charge in [0.1, 0.15) is 12.2 Å². The molecule has 0 radical (unpaired) electrons. The molecule has 0 saturated heterocycles. The Hall–Kier alpha value is -2.48. The van der Waals surface area contributed by atoms with Crippen molar-refractivity contribution >= 4 is 38.1 Å². The molecule has 3 aromatic rings. The van der Waals surface area contributed by atoms with E-state index in [4.69, 9.17) is 21.1 Å². The highest BCUT2D eigenvalue weighted by molar-refractivity contribution is 7.93. The Morgan fingerprint density at radius 2 is 1.84 bits per heavy atom. The number of nitrogens with zero attached hydrogens (tertiary/aromatic N) is 1. The summed E-state index contributed by atoms with van der Waals surface area (Å²) in [6, 6.07) is 13.8. The standard InChI is InChI=1S/C24H27ClN2O4S/c1-24(2)15-16-13-17(14-21(23(16)31-24)30-12-11-27(3)4)26-32(28,29)22-10-9-20(25)18-7-5-6-8-19(18)22/h5-10,13-14,26H,11-12,15H2,1-4H3. The lowest BCUT2D eigenvalue weighted by Gasteiger charge is -2.19. The summed E-state index contributed by atoms with van der Waals surface area (Å²) < 4.78 is 41.5. The molecule has 0 amide bonds. The second kappa shape index (κ2) is 8.46. The first-order chi connectivity index (χ1) is 15.1. The number of fused-ring (bicyclic) bond motifs is 2. The van der Waals surface area contributed by atoms with Crippen LogP contribution in [-0.4, -0.2) is 46.2 Å². The second-order valence-electron chi connectivity index (χ2n) is 8.85. The lowest BCUT2D eigenvalue weighted by Crippen LogP contribution is -2.25. The van der Waals surface area contributed by atoms with Crippen LogP contribution in [0.3, 0.4) is 0 Å². The minimum absolute atomic E-state index is 0.171. The lowest BCUT2D eigenvalue weighted by molar-refractivity contribution is 0.131. The normalized spacial score (nSPS) is 14.9. The summed E-state index contributed by atoms with van der Waals surface area (Å²) in [7, 11) is 0.0665. The van der Waals surface area contributed by atoms with Crippen molar-refractivity contribution < 1.29 is 17.9 Å². The summed E-state index contributed by atoms with van der Waals surface area (Å²) in [4.78, 5) is 2.19. The van der Waals surface area contributed by atoms with Crippen molar-refractivity contribution in [2.24, 2.45) is 0 Å². The summed E-state index contributed by atoms with van der Waals surface area (Å²) in [6.07, 6.45) is 0.659. The highest BCUT2D eigenvalue weighted by atomic mass is 35.5. The maximum Gasteiger partial charge on any atom is 0.262 e. The number of benzene rings is 3. The number of hydrogen-bond acceptors (Lipinski definition) is 5. The van der Waals surface area contributed by atoms with E-state index in [0.717, 1.165) is 12.1 Å². The minimum atomic E-state index is -3.87. The van der Waals surface area contributed by atoms with E-state index in [1.54, 1.807) is 24.3 Å². The van der Waals surface area contributed by atoms with Gasteiger partial charge < -0.3 is 14.4 Å². The topological polar surface area (TPSA) is 67.9 Å². The van der Waals surface area contributed by atoms with Crippen LogP contribution in [0.25, 0.3) is 10.8 Å². The third kappa shape index (κ3) is 4.65. The molecule has 0 aromatic heterocycles. The van der Waals surface area contributed by atoms with Gasteiger partial charge in [0.2, 0.25) is 0 Å². The van der Waals surface area contributed by atoms with Crippen molar-refractivity contribution in [2.75, 3.05) is 32.0 Å². The van der Waals surface area contributed by atoms with E-state index in [9.17, 15) is 8.42 Å². The number of ether oxygens (including phenoxy) is 2. The summed E-state index contributed by atoms with van der Waals surface area (Å²) in [6.45, 7) is 5.19. The van der Waals surface area contributed by atoms with Crippen molar-refractivity contribution in [3.63, 3.8) is 0 Å². The van der Waals surface area contributed by atoms with Crippen molar-refractivity contribution in [3.8, 4) is 11.5 Å². The third-order valence-corrected chi connectivity index (χ3v) is 7.06. The quantitative estimate of drug-likeness (QED) is 0.525. The summed E-state index contributed by atoms with van der Waals surface area (Å²) in [5.74, 6) is 1.21. The number of sulfonamides is 1. The predicted octanol–water partition coefficient (Wildman–Crippen LogP) is 4.95. The van der Waals surface area contributed by atoms with Gasteiger partial charge in [-0.15, -0.1) is 0 Å². The Kier molecular flexibility index (Phi) is 6.00. The van der Waals surface area contributed by atoms with Gasteiger partial charge >= 0.3 is 0 Å². The van der Waals surface area contributed by atoms with Crippen LogP contribution in [0.15, 0.2) is 53.4 Å². The van der Waals surface area contributed by atoms with Crippen molar-refractivity contribution in [1.29, 1.82) is 0 Å². The van der Waals surface area contributed by atoms with Crippen LogP contribution in [0, 0.1) is 0 Å². The highest BCUT2D eigenvalue weighted by Crippen LogP contribution is 2.44. The molecule has 1 aliphatic heterocycles. The molecule has 0 unspecified atom stereocenters. The van der Waals surface area contributed by atoms with Gasteiger partial charge in [-0.1, -0.05) is 35.9 Å². The number of likely N-dealkylation sites (N-methyl/N-ethyl adjacent to an activating group) is 1. The van der Waals surface area contributed by atoms with Gasteiger partial charge in [-0.05, 0) is 46.1 Å². The SMILES string of the molecule is CN(C)CCOc1cc(NS(=O)(=O)c2ccc(Cl)c3ccccc23)cc2c1OC(C)(C)C2. The van der Waals surface area contributed by atoms with Gasteiger partial charge in [-0.25, -0.2) is 8.42 Å².